The van der Waals surface area contributed by atoms with Gasteiger partial charge in [0, 0.05) is 18.3 Å². The van der Waals surface area contributed by atoms with Gasteiger partial charge in [0.05, 0.1) is 0 Å². The number of piperidine rings is 1. The van der Waals surface area contributed by atoms with Gasteiger partial charge < -0.3 is 5.73 Å². The van der Waals surface area contributed by atoms with E-state index in [-0.39, 0.29) is 16.6 Å². The maximum absolute atomic E-state index is 13.8. The summed E-state index contributed by atoms with van der Waals surface area (Å²) >= 11 is 0. The predicted octanol–water partition coefficient (Wildman–Crippen LogP) is 2.36. The third-order valence-corrected chi connectivity index (χ3v) is 5.55. The van der Waals surface area contributed by atoms with Gasteiger partial charge in [-0.25, -0.2) is 12.8 Å². The molecule has 0 aromatic heterocycles. The van der Waals surface area contributed by atoms with Crippen molar-refractivity contribution in [2.75, 3.05) is 12.3 Å². The summed E-state index contributed by atoms with van der Waals surface area (Å²) in [4.78, 5) is -0.312. The molecule has 1 unspecified atom stereocenters. The van der Waals surface area contributed by atoms with Gasteiger partial charge >= 0.3 is 0 Å². The number of anilines is 1. The van der Waals surface area contributed by atoms with E-state index in [1.54, 1.807) is 0 Å². The number of hydrogen-bond donors (Lipinski definition) is 1. The van der Waals surface area contributed by atoms with Crippen LogP contribution in [0, 0.1) is 5.82 Å². The second-order valence-electron chi connectivity index (χ2n) is 4.86. The average Bonchev–Trinajstić information content (AvgIpc) is 2.41. The van der Waals surface area contributed by atoms with Gasteiger partial charge in [-0.05, 0) is 37.5 Å². The minimum atomic E-state index is -3.80. The number of rotatable bonds is 3. The lowest BCUT2D eigenvalue weighted by Crippen LogP contribution is -2.43. The largest absolute Gasteiger partial charge is 0.399 e. The fraction of sp³-hybridized carbons (Fsp3) is 0.538. The number of benzene rings is 1. The maximum Gasteiger partial charge on any atom is 0.246 e. The first-order chi connectivity index (χ1) is 8.96. The quantitative estimate of drug-likeness (QED) is 0.868. The first kappa shape index (κ1) is 14.3. The fourth-order valence-electron chi connectivity index (χ4n) is 2.54. The Morgan fingerprint density at radius 1 is 1.42 bits per heavy atom. The molecule has 0 aliphatic carbocycles. The monoisotopic (exact) mass is 286 g/mol. The summed E-state index contributed by atoms with van der Waals surface area (Å²) in [6, 6.07) is 3.63. The Morgan fingerprint density at radius 3 is 2.84 bits per heavy atom. The van der Waals surface area contributed by atoms with Crippen LogP contribution in [0.4, 0.5) is 10.1 Å². The van der Waals surface area contributed by atoms with Gasteiger partial charge in [-0.2, -0.15) is 4.31 Å². The summed E-state index contributed by atoms with van der Waals surface area (Å²) in [5, 5.41) is 0. The summed E-state index contributed by atoms with van der Waals surface area (Å²) in [6.07, 6.45) is 3.41. The molecule has 0 bridgehead atoms. The smallest absolute Gasteiger partial charge is 0.246 e. The summed E-state index contributed by atoms with van der Waals surface area (Å²) in [7, 11) is -3.80. The van der Waals surface area contributed by atoms with Gasteiger partial charge in [0.2, 0.25) is 10.0 Å². The van der Waals surface area contributed by atoms with E-state index in [1.807, 2.05) is 6.92 Å². The molecule has 6 heteroatoms. The van der Waals surface area contributed by atoms with Crippen molar-refractivity contribution in [3.05, 3.63) is 24.0 Å². The van der Waals surface area contributed by atoms with Crippen LogP contribution in [0.5, 0.6) is 0 Å². The second-order valence-corrected chi connectivity index (χ2v) is 6.72. The number of hydrogen-bond acceptors (Lipinski definition) is 3. The molecule has 1 fully saturated rings. The number of sulfonamides is 1. The van der Waals surface area contributed by atoms with E-state index in [1.165, 1.54) is 16.4 Å². The Morgan fingerprint density at radius 2 is 2.16 bits per heavy atom. The Bertz CT molecular complexity index is 560. The SMILES string of the molecule is CCC1CCCCN1S(=O)(=O)c1cc(N)ccc1F. The highest BCUT2D eigenvalue weighted by Gasteiger charge is 2.34. The van der Waals surface area contributed by atoms with Crippen molar-refractivity contribution >= 4 is 15.7 Å². The van der Waals surface area contributed by atoms with Crippen LogP contribution in [0.1, 0.15) is 32.6 Å². The molecular weight excluding hydrogens is 267 g/mol. The van der Waals surface area contributed by atoms with Crippen LogP contribution in [-0.2, 0) is 10.0 Å². The molecule has 0 radical (unpaired) electrons. The van der Waals surface area contributed by atoms with E-state index in [0.29, 0.717) is 6.54 Å². The average molecular weight is 286 g/mol. The fourth-order valence-corrected chi connectivity index (χ4v) is 4.41. The van der Waals surface area contributed by atoms with Crippen molar-refractivity contribution in [3.8, 4) is 0 Å². The molecule has 1 atom stereocenters. The van der Waals surface area contributed by atoms with Crippen LogP contribution in [0.15, 0.2) is 23.1 Å². The lowest BCUT2D eigenvalue weighted by Gasteiger charge is -2.34. The molecule has 1 aromatic carbocycles. The molecule has 1 heterocycles. The predicted molar refractivity (Wildman–Crippen MR) is 72.6 cm³/mol. The molecule has 1 aromatic rings. The third-order valence-electron chi connectivity index (χ3n) is 3.59. The van der Waals surface area contributed by atoms with Crippen molar-refractivity contribution < 1.29 is 12.8 Å². The molecule has 1 aliphatic rings. The van der Waals surface area contributed by atoms with Gasteiger partial charge in [-0.15, -0.1) is 0 Å². The van der Waals surface area contributed by atoms with Gasteiger partial charge in [0.25, 0.3) is 0 Å². The summed E-state index contributed by atoms with van der Waals surface area (Å²) < 4.78 is 40.3. The van der Waals surface area contributed by atoms with E-state index in [4.69, 9.17) is 5.73 Å². The van der Waals surface area contributed by atoms with Crippen molar-refractivity contribution in [1.29, 1.82) is 0 Å². The first-order valence-corrected chi connectivity index (χ1v) is 7.97. The first-order valence-electron chi connectivity index (χ1n) is 6.53. The van der Waals surface area contributed by atoms with E-state index >= 15 is 0 Å². The Kier molecular flexibility index (Phi) is 4.10. The molecule has 0 saturated carbocycles. The second kappa shape index (κ2) is 5.46. The molecule has 1 aliphatic heterocycles. The van der Waals surface area contributed by atoms with Crippen LogP contribution >= 0.6 is 0 Å². The molecular formula is C13H19FN2O2S. The zero-order valence-corrected chi connectivity index (χ0v) is 11.8. The van der Waals surface area contributed by atoms with E-state index in [0.717, 1.165) is 31.7 Å². The molecule has 2 N–H and O–H groups in total. The number of halogens is 1. The van der Waals surface area contributed by atoms with Crippen LogP contribution in [0.25, 0.3) is 0 Å². The maximum atomic E-state index is 13.8. The minimum Gasteiger partial charge on any atom is -0.399 e. The Hall–Kier alpha value is -1.14. The van der Waals surface area contributed by atoms with E-state index in [9.17, 15) is 12.8 Å². The third kappa shape index (κ3) is 2.74. The zero-order valence-electron chi connectivity index (χ0n) is 11.0. The van der Waals surface area contributed by atoms with Crippen LogP contribution in [0.3, 0.4) is 0 Å². The van der Waals surface area contributed by atoms with Crippen molar-refractivity contribution in [2.45, 2.75) is 43.5 Å². The van der Waals surface area contributed by atoms with Gasteiger partial charge in [0.1, 0.15) is 10.7 Å². The van der Waals surface area contributed by atoms with Crippen LogP contribution < -0.4 is 5.73 Å². The highest BCUT2D eigenvalue weighted by atomic mass is 32.2. The zero-order chi connectivity index (χ0) is 14.0. The molecule has 0 amide bonds. The Labute approximate surface area is 113 Å². The lowest BCUT2D eigenvalue weighted by molar-refractivity contribution is 0.246. The van der Waals surface area contributed by atoms with Crippen molar-refractivity contribution in [2.24, 2.45) is 0 Å². The van der Waals surface area contributed by atoms with Gasteiger partial charge in [-0.3, -0.25) is 0 Å². The molecule has 1 saturated heterocycles. The number of nitrogens with zero attached hydrogens (tertiary/aromatic N) is 1. The van der Waals surface area contributed by atoms with Gasteiger partial charge in [0.15, 0.2) is 0 Å². The molecule has 2 rings (SSSR count). The lowest BCUT2D eigenvalue weighted by atomic mass is 10.0. The molecule has 0 spiro atoms. The summed E-state index contributed by atoms with van der Waals surface area (Å²) in [5.74, 6) is -0.741. The topological polar surface area (TPSA) is 63.4 Å². The molecule has 19 heavy (non-hydrogen) atoms. The number of nitrogen functional groups attached to an aromatic ring is 1. The highest BCUT2D eigenvalue weighted by molar-refractivity contribution is 7.89. The van der Waals surface area contributed by atoms with Crippen molar-refractivity contribution in [1.82, 2.24) is 4.31 Å². The number of nitrogens with two attached hydrogens (primary N) is 1. The molecule has 4 nitrogen and oxygen atoms in total. The highest BCUT2D eigenvalue weighted by Crippen LogP contribution is 2.29. The standard InChI is InChI=1S/C13H19FN2O2S/c1-2-11-5-3-4-8-16(11)19(17,18)13-9-10(15)6-7-12(13)14/h6-7,9,11H,2-5,8,15H2,1H3. The summed E-state index contributed by atoms with van der Waals surface area (Å²) in [5.41, 5.74) is 5.83. The molecule has 106 valence electrons. The van der Waals surface area contributed by atoms with E-state index in [2.05, 4.69) is 0 Å². The van der Waals surface area contributed by atoms with E-state index < -0.39 is 15.8 Å². The minimum absolute atomic E-state index is 0.0421. The summed E-state index contributed by atoms with van der Waals surface area (Å²) in [6.45, 7) is 2.41. The van der Waals surface area contributed by atoms with Crippen LogP contribution in [-0.4, -0.2) is 25.3 Å². The Balaban J connectivity index is 2.43. The van der Waals surface area contributed by atoms with Gasteiger partial charge in [-0.1, -0.05) is 13.3 Å². The van der Waals surface area contributed by atoms with Crippen LogP contribution in [0.2, 0.25) is 0 Å². The normalized spacial score (nSPS) is 21.5. The van der Waals surface area contributed by atoms with Crippen molar-refractivity contribution in [3.63, 3.8) is 0 Å².